The molecule has 1 N–H and O–H groups in total. The molecule has 1 saturated carbocycles. The van der Waals surface area contributed by atoms with Gasteiger partial charge in [0.2, 0.25) is 10.0 Å². The minimum Gasteiger partial charge on any atom is -0.487 e. The number of ether oxygens (including phenoxy) is 1. The Hall–Kier alpha value is -2.58. The summed E-state index contributed by atoms with van der Waals surface area (Å²) in [7, 11) is -3.85. The van der Waals surface area contributed by atoms with E-state index in [1.54, 1.807) is 25.1 Å². The van der Waals surface area contributed by atoms with Crippen molar-refractivity contribution in [3.63, 3.8) is 0 Å². The summed E-state index contributed by atoms with van der Waals surface area (Å²) in [6.07, 6.45) is 6.86. The molecule has 7 nitrogen and oxygen atoms in total. The average molecular weight is 573 g/mol. The number of nitrogens with one attached hydrogen (secondary N) is 1. The molecule has 2 aromatic carbocycles. The molecule has 210 valence electrons. The van der Waals surface area contributed by atoms with E-state index in [0.29, 0.717) is 49.6 Å². The first-order chi connectivity index (χ1) is 18.7. The van der Waals surface area contributed by atoms with Crippen LogP contribution in [0.3, 0.4) is 0 Å². The van der Waals surface area contributed by atoms with E-state index >= 15 is 0 Å². The number of amides is 1. The van der Waals surface area contributed by atoms with E-state index in [-0.39, 0.29) is 23.2 Å². The van der Waals surface area contributed by atoms with Crippen molar-refractivity contribution in [2.45, 2.75) is 76.6 Å². The van der Waals surface area contributed by atoms with Gasteiger partial charge in [-0.1, -0.05) is 24.1 Å². The van der Waals surface area contributed by atoms with Crippen LogP contribution in [0.5, 0.6) is 5.75 Å². The summed E-state index contributed by atoms with van der Waals surface area (Å²) in [5.41, 5.74) is 3.27. The van der Waals surface area contributed by atoms with Crippen LogP contribution >= 0.6 is 11.6 Å². The fourth-order valence-electron chi connectivity index (χ4n) is 5.93. The molecule has 9 heteroatoms. The summed E-state index contributed by atoms with van der Waals surface area (Å²) in [4.78, 5) is 28.5. The summed E-state index contributed by atoms with van der Waals surface area (Å²) >= 11 is 6.28. The molecule has 2 bridgehead atoms. The maximum absolute atomic E-state index is 13.1. The highest BCUT2D eigenvalue weighted by Crippen LogP contribution is 2.40. The molecule has 0 unspecified atom stereocenters. The Morgan fingerprint density at radius 3 is 2.56 bits per heavy atom. The van der Waals surface area contributed by atoms with Crippen molar-refractivity contribution in [3.8, 4) is 5.75 Å². The summed E-state index contributed by atoms with van der Waals surface area (Å²) in [6.45, 7) is 3.41. The zero-order valence-electron chi connectivity index (χ0n) is 22.5. The summed E-state index contributed by atoms with van der Waals surface area (Å²) in [6, 6.07) is 11.0. The predicted molar refractivity (Wildman–Crippen MR) is 153 cm³/mol. The molecule has 1 aliphatic carbocycles. The van der Waals surface area contributed by atoms with Gasteiger partial charge in [-0.25, -0.2) is 13.1 Å². The van der Waals surface area contributed by atoms with Crippen LogP contribution in [-0.4, -0.2) is 38.4 Å². The van der Waals surface area contributed by atoms with Crippen LogP contribution in [0.25, 0.3) is 0 Å². The van der Waals surface area contributed by atoms with Crippen LogP contribution in [0.2, 0.25) is 5.02 Å². The first-order valence-corrected chi connectivity index (χ1v) is 16.0. The Morgan fingerprint density at radius 1 is 0.949 bits per heavy atom. The van der Waals surface area contributed by atoms with Gasteiger partial charge in [0.1, 0.15) is 18.1 Å². The van der Waals surface area contributed by atoms with E-state index < -0.39 is 21.2 Å². The van der Waals surface area contributed by atoms with Gasteiger partial charge in [0.05, 0.1) is 10.9 Å². The quantitative estimate of drug-likeness (QED) is 0.437. The second-order valence-electron chi connectivity index (χ2n) is 11.2. The smallest absolute Gasteiger partial charge is 0.264 e. The number of carbonyl (C=O) groups is 2. The molecule has 0 aromatic heterocycles. The lowest BCUT2D eigenvalue weighted by atomic mass is 9.70. The number of sulfonamides is 1. The van der Waals surface area contributed by atoms with Crippen molar-refractivity contribution in [3.05, 3.63) is 58.1 Å². The van der Waals surface area contributed by atoms with Gasteiger partial charge in [-0.2, -0.15) is 0 Å². The molecule has 0 radical (unpaired) electrons. The van der Waals surface area contributed by atoms with Gasteiger partial charge < -0.3 is 9.64 Å². The lowest BCUT2D eigenvalue weighted by Crippen LogP contribution is -2.42. The first kappa shape index (κ1) is 28.0. The topological polar surface area (TPSA) is 92.8 Å². The number of aryl methyl sites for hydroxylation is 1. The summed E-state index contributed by atoms with van der Waals surface area (Å²) in [5.74, 6) is 0.588. The second kappa shape index (κ2) is 11.9. The molecular formula is C30H37ClN2O5S. The molecule has 0 saturated heterocycles. The van der Waals surface area contributed by atoms with Gasteiger partial charge in [0.15, 0.2) is 0 Å². The van der Waals surface area contributed by atoms with Gasteiger partial charge in [0.25, 0.3) is 5.91 Å². The maximum atomic E-state index is 13.1. The highest BCUT2D eigenvalue weighted by molar-refractivity contribution is 7.90. The molecule has 39 heavy (non-hydrogen) atoms. The molecule has 5 rings (SSSR count). The molecule has 2 heterocycles. The number of Topliss-reactive ketones (excluding diaryl/α,β-unsaturated/α-hetero) is 1. The average Bonchev–Trinajstić information content (AvgIpc) is 2.91. The Kier molecular flexibility index (Phi) is 8.52. The van der Waals surface area contributed by atoms with Crippen LogP contribution in [-0.2, 0) is 27.8 Å². The highest BCUT2D eigenvalue weighted by Gasteiger charge is 2.37. The fourth-order valence-corrected chi connectivity index (χ4v) is 7.18. The number of anilines is 1. The number of hydrogen-bond donors (Lipinski definition) is 1. The Bertz CT molecular complexity index is 1340. The largest absolute Gasteiger partial charge is 0.487 e. The Labute approximate surface area is 236 Å². The Balaban J connectivity index is 1.52. The van der Waals surface area contributed by atoms with E-state index in [4.69, 9.17) is 16.3 Å². The predicted octanol–water partition coefficient (Wildman–Crippen LogP) is 5.68. The zero-order valence-corrected chi connectivity index (χ0v) is 24.0. The van der Waals surface area contributed by atoms with Crippen LogP contribution < -0.4 is 14.4 Å². The number of ketones is 1. The van der Waals surface area contributed by atoms with Crippen molar-refractivity contribution in [2.24, 2.45) is 11.8 Å². The number of carbonyl (C=O) groups excluding carboxylic acids is 2. The third-order valence-corrected chi connectivity index (χ3v) is 10.6. The normalized spacial score (nSPS) is 26.1. The second-order valence-corrected chi connectivity index (χ2v) is 13.8. The van der Waals surface area contributed by atoms with Crippen LogP contribution in [0.1, 0.15) is 79.8 Å². The standard InChI is InChI=1S/C30H37ClN2O5S/c1-20-6-2-3-8-28(34)26-13-10-23(26)18-33-15-5-4-7-21-16-25(31)12-9-24(21)19-38-29-14-11-22(17-27(29)33)30(35)32-39(20,36)37/h9,11-12,14,16-17,20,23,26H,2-8,10,13,15,18-19H2,1H3,(H,32,35)/t20-,23-,26+/m0/s1. The number of rotatable bonds is 0. The Morgan fingerprint density at radius 2 is 1.77 bits per heavy atom. The molecule has 0 spiro atoms. The van der Waals surface area contributed by atoms with Crippen molar-refractivity contribution in [1.82, 2.24) is 4.72 Å². The van der Waals surface area contributed by atoms with E-state index in [1.165, 1.54) is 5.56 Å². The third-order valence-electron chi connectivity index (χ3n) is 8.57. The van der Waals surface area contributed by atoms with Crippen LogP contribution in [0.4, 0.5) is 5.69 Å². The molecule has 3 atom stereocenters. The lowest BCUT2D eigenvalue weighted by molar-refractivity contribution is -0.127. The van der Waals surface area contributed by atoms with Gasteiger partial charge in [0, 0.05) is 36.0 Å². The number of hydrogen-bond acceptors (Lipinski definition) is 6. The van der Waals surface area contributed by atoms with E-state index in [9.17, 15) is 18.0 Å². The van der Waals surface area contributed by atoms with Gasteiger partial charge >= 0.3 is 0 Å². The van der Waals surface area contributed by atoms with Crippen molar-refractivity contribution < 1.29 is 22.7 Å². The van der Waals surface area contributed by atoms with E-state index in [2.05, 4.69) is 9.62 Å². The van der Waals surface area contributed by atoms with E-state index in [1.807, 2.05) is 18.2 Å². The van der Waals surface area contributed by atoms with Gasteiger partial charge in [-0.3, -0.25) is 9.59 Å². The van der Waals surface area contributed by atoms with Crippen LogP contribution in [0.15, 0.2) is 36.4 Å². The van der Waals surface area contributed by atoms with Gasteiger partial charge in [-0.15, -0.1) is 0 Å². The minimum atomic E-state index is -3.85. The maximum Gasteiger partial charge on any atom is 0.264 e. The molecule has 1 amide bonds. The third kappa shape index (κ3) is 6.43. The molecule has 3 aliphatic rings. The number of benzene rings is 2. The van der Waals surface area contributed by atoms with Crippen molar-refractivity contribution >= 4 is 39.0 Å². The molecule has 1 fully saturated rings. The lowest BCUT2D eigenvalue weighted by Gasteiger charge is -2.40. The summed E-state index contributed by atoms with van der Waals surface area (Å²) in [5, 5.41) is -0.0233. The highest BCUT2D eigenvalue weighted by atomic mass is 35.5. The number of nitrogens with zero attached hydrogens (tertiary/aromatic N) is 1. The molecular weight excluding hydrogens is 536 g/mol. The van der Waals surface area contributed by atoms with Crippen molar-refractivity contribution in [2.75, 3.05) is 18.0 Å². The van der Waals surface area contributed by atoms with Gasteiger partial charge in [-0.05, 0) is 99.2 Å². The van der Waals surface area contributed by atoms with Crippen molar-refractivity contribution in [1.29, 1.82) is 0 Å². The van der Waals surface area contributed by atoms with Crippen LogP contribution in [0, 0.1) is 11.8 Å². The molecule has 2 aliphatic heterocycles. The minimum absolute atomic E-state index is 0.0412. The summed E-state index contributed by atoms with van der Waals surface area (Å²) < 4.78 is 34.4. The SMILES string of the molecule is C[C@H]1CCCCC(=O)[C@@H]2CC[C@H]2CN2CCCCc3cc(Cl)ccc3COc3ccc(cc32)C(=O)NS1(=O)=O. The molecule has 2 aromatic rings. The number of halogens is 1. The number of fused-ring (bicyclic) bond motifs is 3. The van der Waals surface area contributed by atoms with E-state index in [0.717, 1.165) is 49.9 Å². The zero-order chi connectivity index (χ0) is 27.6. The fraction of sp³-hybridized carbons (Fsp3) is 0.533. The monoisotopic (exact) mass is 572 g/mol. The first-order valence-electron chi connectivity index (χ1n) is 14.1.